The average molecular weight is 261 g/mol. The molecule has 0 aliphatic carbocycles. The van der Waals surface area contributed by atoms with Crippen molar-refractivity contribution in [2.75, 3.05) is 13.7 Å². The number of amides is 1. The maximum Gasteiger partial charge on any atom is 0.310 e. The van der Waals surface area contributed by atoms with E-state index in [0.717, 1.165) is 5.56 Å². The summed E-state index contributed by atoms with van der Waals surface area (Å²) in [6.07, 6.45) is 0.261. The Kier molecular flexibility index (Phi) is 3.88. The first-order valence-corrected chi connectivity index (χ1v) is 6.43. The van der Waals surface area contributed by atoms with Gasteiger partial charge >= 0.3 is 5.97 Å². The minimum absolute atomic E-state index is 0.0219. The molecule has 1 aliphatic rings. The maximum absolute atomic E-state index is 11.9. The molecule has 102 valence electrons. The number of likely N-dealkylation sites (tertiary alicyclic amines) is 1. The number of nitrogens with zero attached hydrogens (tertiary/aromatic N) is 1. The second-order valence-electron chi connectivity index (χ2n) is 5.12. The van der Waals surface area contributed by atoms with E-state index >= 15 is 0 Å². The highest BCUT2D eigenvalue weighted by molar-refractivity contribution is 5.86. The van der Waals surface area contributed by atoms with Gasteiger partial charge in [-0.05, 0) is 30.5 Å². The number of hydrogen-bond donors (Lipinski definition) is 0. The standard InChI is InChI=1S/C15H19NO3/c1-10-4-5-12(6-11(10)2)8-16-9-13(7-14(16)17)15(18)19-3/h4-6,13H,7-9H2,1-3H3. The molecular weight excluding hydrogens is 242 g/mol. The highest BCUT2D eigenvalue weighted by Crippen LogP contribution is 2.22. The zero-order valence-corrected chi connectivity index (χ0v) is 11.6. The van der Waals surface area contributed by atoms with Gasteiger partial charge in [0.15, 0.2) is 0 Å². The minimum atomic E-state index is -0.316. The van der Waals surface area contributed by atoms with Gasteiger partial charge < -0.3 is 9.64 Å². The molecule has 1 aliphatic heterocycles. The molecule has 1 aromatic carbocycles. The summed E-state index contributed by atoms with van der Waals surface area (Å²) in [4.78, 5) is 25.1. The van der Waals surface area contributed by atoms with Crippen molar-refractivity contribution in [3.8, 4) is 0 Å². The lowest BCUT2D eigenvalue weighted by molar-refractivity contribution is -0.145. The highest BCUT2D eigenvalue weighted by Gasteiger charge is 2.34. The number of hydrogen-bond acceptors (Lipinski definition) is 3. The lowest BCUT2D eigenvalue weighted by Gasteiger charge is -2.17. The van der Waals surface area contributed by atoms with E-state index < -0.39 is 0 Å². The smallest absolute Gasteiger partial charge is 0.310 e. The van der Waals surface area contributed by atoms with Crippen molar-refractivity contribution in [1.29, 1.82) is 0 Å². The van der Waals surface area contributed by atoms with Crippen LogP contribution in [0.25, 0.3) is 0 Å². The van der Waals surface area contributed by atoms with Crippen molar-refractivity contribution >= 4 is 11.9 Å². The Balaban J connectivity index is 2.05. The first kappa shape index (κ1) is 13.6. The van der Waals surface area contributed by atoms with Gasteiger partial charge in [-0.15, -0.1) is 0 Å². The molecule has 19 heavy (non-hydrogen) atoms. The second-order valence-corrected chi connectivity index (χ2v) is 5.12. The Labute approximate surface area is 113 Å². The van der Waals surface area contributed by atoms with E-state index in [9.17, 15) is 9.59 Å². The summed E-state index contributed by atoms with van der Waals surface area (Å²) < 4.78 is 4.70. The van der Waals surface area contributed by atoms with Crippen LogP contribution in [0.3, 0.4) is 0 Å². The number of carbonyl (C=O) groups excluding carboxylic acids is 2. The Morgan fingerprint density at radius 1 is 1.37 bits per heavy atom. The Hall–Kier alpha value is -1.84. The molecule has 1 fully saturated rings. The molecular formula is C15H19NO3. The molecule has 4 nitrogen and oxygen atoms in total. The molecule has 0 bridgehead atoms. The van der Waals surface area contributed by atoms with Crippen molar-refractivity contribution in [1.82, 2.24) is 4.90 Å². The van der Waals surface area contributed by atoms with E-state index in [1.165, 1.54) is 18.2 Å². The summed E-state index contributed by atoms with van der Waals surface area (Å²) in [7, 11) is 1.36. The van der Waals surface area contributed by atoms with Crippen LogP contribution >= 0.6 is 0 Å². The van der Waals surface area contributed by atoms with Crippen LogP contribution in [0.2, 0.25) is 0 Å². The van der Waals surface area contributed by atoms with Gasteiger partial charge in [0.1, 0.15) is 0 Å². The zero-order chi connectivity index (χ0) is 14.0. The summed E-state index contributed by atoms with van der Waals surface area (Å²) in [6.45, 7) is 5.14. The zero-order valence-electron chi connectivity index (χ0n) is 11.6. The predicted octanol–water partition coefficient (Wildman–Crippen LogP) is 1.82. The van der Waals surface area contributed by atoms with Crippen LogP contribution in [0.15, 0.2) is 18.2 Å². The fourth-order valence-corrected chi connectivity index (χ4v) is 2.37. The fraction of sp³-hybridized carbons (Fsp3) is 0.467. The predicted molar refractivity (Wildman–Crippen MR) is 71.5 cm³/mol. The van der Waals surface area contributed by atoms with Crippen LogP contribution in [0, 0.1) is 19.8 Å². The largest absolute Gasteiger partial charge is 0.469 e. The number of carbonyl (C=O) groups is 2. The second kappa shape index (κ2) is 5.43. The van der Waals surface area contributed by atoms with E-state index in [4.69, 9.17) is 4.74 Å². The molecule has 0 radical (unpaired) electrons. The molecule has 1 aromatic rings. The highest BCUT2D eigenvalue weighted by atomic mass is 16.5. The number of benzene rings is 1. The van der Waals surface area contributed by atoms with Gasteiger partial charge in [0, 0.05) is 19.5 Å². The van der Waals surface area contributed by atoms with Crippen molar-refractivity contribution in [2.45, 2.75) is 26.8 Å². The number of ether oxygens (including phenoxy) is 1. The van der Waals surface area contributed by atoms with Crippen LogP contribution in [-0.4, -0.2) is 30.4 Å². The molecule has 1 atom stereocenters. The summed E-state index contributed by atoms with van der Waals surface area (Å²) in [5.74, 6) is -0.589. The molecule has 1 saturated heterocycles. The average Bonchev–Trinajstić information content (AvgIpc) is 2.74. The van der Waals surface area contributed by atoms with Gasteiger partial charge in [-0.3, -0.25) is 9.59 Å². The molecule has 1 amide bonds. The van der Waals surface area contributed by atoms with E-state index in [1.807, 2.05) is 6.07 Å². The summed E-state index contributed by atoms with van der Waals surface area (Å²) in [5, 5.41) is 0. The fourth-order valence-electron chi connectivity index (χ4n) is 2.37. The molecule has 0 spiro atoms. The Morgan fingerprint density at radius 2 is 2.11 bits per heavy atom. The van der Waals surface area contributed by atoms with Crippen molar-refractivity contribution in [2.24, 2.45) is 5.92 Å². The molecule has 2 rings (SSSR count). The molecule has 0 aromatic heterocycles. The topological polar surface area (TPSA) is 46.6 Å². The first-order chi connectivity index (χ1) is 9.01. The Bertz CT molecular complexity index is 510. The minimum Gasteiger partial charge on any atom is -0.469 e. The van der Waals surface area contributed by atoms with Crippen molar-refractivity contribution in [3.05, 3.63) is 34.9 Å². The Morgan fingerprint density at radius 3 is 2.74 bits per heavy atom. The lowest BCUT2D eigenvalue weighted by atomic mass is 10.1. The summed E-state index contributed by atoms with van der Waals surface area (Å²) in [6, 6.07) is 6.18. The van der Waals surface area contributed by atoms with E-state index in [1.54, 1.807) is 4.90 Å². The molecule has 1 heterocycles. The van der Waals surface area contributed by atoms with Gasteiger partial charge in [-0.2, -0.15) is 0 Å². The van der Waals surface area contributed by atoms with Crippen LogP contribution in [0.1, 0.15) is 23.1 Å². The number of rotatable bonds is 3. The molecule has 0 N–H and O–H groups in total. The van der Waals surface area contributed by atoms with E-state index in [0.29, 0.717) is 13.1 Å². The van der Waals surface area contributed by atoms with Gasteiger partial charge in [-0.1, -0.05) is 18.2 Å². The molecule has 4 heteroatoms. The number of esters is 1. The monoisotopic (exact) mass is 261 g/mol. The van der Waals surface area contributed by atoms with Gasteiger partial charge in [-0.25, -0.2) is 0 Å². The van der Waals surface area contributed by atoms with E-state index in [-0.39, 0.29) is 24.2 Å². The van der Waals surface area contributed by atoms with Gasteiger partial charge in [0.25, 0.3) is 0 Å². The van der Waals surface area contributed by atoms with Gasteiger partial charge in [0.05, 0.1) is 13.0 Å². The third-order valence-corrected chi connectivity index (χ3v) is 3.69. The summed E-state index contributed by atoms with van der Waals surface area (Å²) in [5.41, 5.74) is 3.56. The SMILES string of the molecule is COC(=O)C1CC(=O)N(Cc2ccc(C)c(C)c2)C1. The lowest BCUT2D eigenvalue weighted by Crippen LogP contribution is -2.26. The van der Waals surface area contributed by atoms with Crippen molar-refractivity contribution in [3.63, 3.8) is 0 Å². The number of aryl methyl sites for hydroxylation is 2. The van der Waals surface area contributed by atoms with Gasteiger partial charge in [0.2, 0.25) is 5.91 Å². The number of methoxy groups -OCH3 is 1. The normalized spacial score (nSPS) is 18.8. The summed E-state index contributed by atoms with van der Waals surface area (Å²) >= 11 is 0. The van der Waals surface area contributed by atoms with Crippen LogP contribution in [0.5, 0.6) is 0 Å². The maximum atomic E-state index is 11.9. The third-order valence-electron chi connectivity index (χ3n) is 3.69. The quantitative estimate of drug-likeness (QED) is 0.780. The van der Waals surface area contributed by atoms with Crippen LogP contribution in [0.4, 0.5) is 0 Å². The molecule has 1 unspecified atom stereocenters. The first-order valence-electron chi connectivity index (χ1n) is 6.43. The van der Waals surface area contributed by atoms with Crippen LogP contribution in [-0.2, 0) is 20.9 Å². The van der Waals surface area contributed by atoms with Crippen LogP contribution < -0.4 is 0 Å². The van der Waals surface area contributed by atoms with E-state index in [2.05, 4.69) is 26.0 Å². The third kappa shape index (κ3) is 2.95. The van der Waals surface area contributed by atoms with Crippen molar-refractivity contribution < 1.29 is 14.3 Å². The molecule has 0 saturated carbocycles.